The first-order valence-corrected chi connectivity index (χ1v) is 14.1. The van der Waals surface area contributed by atoms with E-state index in [1.807, 2.05) is 0 Å². The van der Waals surface area contributed by atoms with E-state index in [0.717, 1.165) is 34.2 Å². The molecule has 0 N–H and O–H groups in total. The minimum atomic E-state index is 0.927. The summed E-state index contributed by atoms with van der Waals surface area (Å²) in [6.45, 7) is 6.60. The maximum Gasteiger partial charge on any atom is 0.0477 e. The monoisotopic (exact) mass is 414 g/mol. The lowest BCUT2D eigenvalue weighted by molar-refractivity contribution is 0.131. The molecule has 2 fully saturated rings. The van der Waals surface area contributed by atoms with Crippen LogP contribution in [0.1, 0.15) is 117 Å². The second kappa shape index (κ2) is 15.5. The van der Waals surface area contributed by atoms with Crippen LogP contribution >= 0.6 is 23.5 Å². The highest BCUT2D eigenvalue weighted by Crippen LogP contribution is 2.47. The quantitative estimate of drug-likeness (QED) is 0.146. The number of ether oxygens (including phenoxy) is 1. The highest BCUT2D eigenvalue weighted by atomic mass is 32.2. The first-order chi connectivity index (χ1) is 13.3. The summed E-state index contributed by atoms with van der Waals surface area (Å²) in [5.74, 6) is 0. The molecule has 4 unspecified atom stereocenters. The normalized spacial score (nSPS) is 26.4. The summed E-state index contributed by atoms with van der Waals surface area (Å²) in [5.41, 5.74) is 0. The Morgan fingerprint density at radius 3 is 1.30 bits per heavy atom. The van der Waals surface area contributed by atoms with Gasteiger partial charge in [-0.2, -0.15) is 23.5 Å². The molecule has 4 atom stereocenters. The van der Waals surface area contributed by atoms with E-state index in [1.165, 1.54) is 103 Å². The summed E-state index contributed by atoms with van der Waals surface area (Å²) in [6, 6.07) is 0. The summed E-state index contributed by atoms with van der Waals surface area (Å²) in [5, 5.41) is 3.80. The summed E-state index contributed by atoms with van der Waals surface area (Å²) < 4.78 is 5.95. The van der Waals surface area contributed by atoms with Crippen LogP contribution in [-0.2, 0) is 4.74 Å². The van der Waals surface area contributed by atoms with E-state index in [4.69, 9.17) is 4.74 Å². The van der Waals surface area contributed by atoms with Crippen LogP contribution in [0.4, 0.5) is 0 Å². The molecule has 1 nitrogen and oxygen atoms in total. The molecule has 2 rings (SSSR count). The van der Waals surface area contributed by atoms with Crippen LogP contribution in [0.5, 0.6) is 0 Å². The molecule has 0 aromatic heterocycles. The van der Waals surface area contributed by atoms with Crippen LogP contribution in [0.3, 0.4) is 0 Å². The Bertz CT molecular complexity index is 317. The average molecular weight is 415 g/mol. The maximum absolute atomic E-state index is 5.95. The average Bonchev–Trinajstić information content (AvgIpc) is 3.58. The zero-order chi connectivity index (χ0) is 19.2. The lowest BCUT2D eigenvalue weighted by Crippen LogP contribution is -2.05. The van der Waals surface area contributed by atoms with Gasteiger partial charge in [0.05, 0.1) is 0 Å². The van der Waals surface area contributed by atoms with Gasteiger partial charge in [0.15, 0.2) is 0 Å². The number of hydrogen-bond donors (Lipinski definition) is 0. The van der Waals surface area contributed by atoms with Gasteiger partial charge in [0.25, 0.3) is 0 Å². The van der Waals surface area contributed by atoms with Crippen molar-refractivity contribution in [1.29, 1.82) is 0 Å². The Morgan fingerprint density at radius 2 is 0.852 bits per heavy atom. The van der Waals surface area contributed by atoms with Gasteiger partial charge in [-0.15, -0.1) is 0 Å². The molecule has 3 heteroatoms. The van der Waals surface area contributed by atoms with Gasteiger partial charge >= 0.3 is 0 Å². The standard InChI is InChI=1S/C24H46OS2/c1-3-5-7-9-11-13-15-21-23(26-21)17-19-25-20-18-24-22(27-24)16-14-12-10-8-6-4-2/h21-24H,3-20H2,1-2H3. The molecule has 2 saturated heterocycles. The van der Waals surface area contributed by atoms with Gasteiger partial charge in [0.2, 0.25) is 0 Å². The van der Waals surface area contributed by atoms with E-state index in [2.05, 4.69) is 37.4 Å². The third-order valence-corrected chi connectivity index (χ3v) is 9.18. The van der Waals surface area contributed by atoms with Gasteiger partial charge in [-0.05, 0) is 25.7 Å². The van der Waals surface area contributed by atoms with Gasteiger partial charge in [-0.1, -0.05) is 90.9 Å². The van der Waals surface area contributed by atoms with E-state index < -0.39 is 0 Å². The minimum absolute atomic E-state index is 0.927. The molecule has 0 aromatic carbocycles. The van der Waals surface area contributed by atoms with Crippen molar-refractivity contribution in [1.82, 2.24) is 0 Å². The molecular weight excluding hydrogens is 368 g/mol. The number of rotatable bonds is 20. The van der Waals surface area contributed by atoms with Crippen molar-refractivity contribution in [3.05, 3.63) is 0 Å². The number of hydrogen-bond acceptors (Lipinski definition) is 3. The molecule has 2 aliphatic rings. The number of thioether (sulfide) groups is 2. The SMILES string of the molecule is CCCCCCCCC1SC1CCOCCC1SC1CCCCCCCC. The van der Waals surface area contributed by atoms with Crippen molar-refractivity contribution in [2.75, 3.05) is 13.2 Å². The highest BCUT2D eigenvalue weighted by molar-refractivity contribution is 8.07. The molecule has 2 aliphatic heterocycles. The molecule has 0 spiro atoms. The molecule has 0 aromatic rings. The van der Waals surface area contributed by atoms with Crippen molar-refractivity contribution in [3.8, 4) is 0 Å². The molecule has 2 heterocycles. The van der Waals surface area contributed by atoms with E-state index >= 15 is 0 Å². The molecule has 0 radical (unpaired) electrons. The fourth-order valence-electron chi connectivity index (χ4n) is 4.13. The van der Waals surface area contributed by atoms with Crippen LogP contribution in [0, 0.1) is 0 Å². The second-order valence-corrected chi connectivity index (χ2v) is 11.7. The fourth-order valence-corrected chi connectivity index (χ4v) is 6.46. The van der Waals surface area contributed by atoms with Gasteiger partial charge in [0.1, 0.15) is 0 Å². The predicted octanol–water partition coefficient (Wildman–Crippen LogP) is 8.25. The molecular formula is C24H46OS2. The Labute approximate surface area is 178 Å². The topological polar surface area (TPSA) is 9.23 Å². The van der Waals surface area contributed by atoms with Crippen molar-refractivity contribution < 1.29 is 4.74 Å². The van der Waals surface area contributed by atoms with Gasteiger partial charge in [-0.3, -0.25) is 0 Å². The van der Waals surface area contributed by atoms with Crippen LogP contribution < -0.4 is 0 Å². The molecule has 0 amide bonds. The summed E-state index contributed by atoms with van der Waals surface area (Å²) in [4.78, 5) is 0. The summed E-state index contributed by atoms with van der Waals surface area (Å²) >= 11 is 4.43. The fraction of sp³-hybridized carbons (Fsp3) is 1.00. The lowest BCUT2D eigenvalue weighted by atomic mass is 10.1. The zero-order valence-corrected chi connectivity index (χ0v) is 19.9. The van der Waals surface area contributed by atoms with Crippen LogP contribution in [-0.4, -0.2) is 34.2 Å². The Kier molecular flexibility index (Phi) is 13.7. The van der Waals surface area contributed by atoms with Crippen LogP contribution in [0.25, 0.3) is 0 Å². The van der Waals surface area contributed by atoms with E-state index in [9.17, 15) is 0 Å². The molecule has 160 valence electrons. The maximum atomic E-state index is 5.95. The Balaban J connectivity index is 1.28. The smallest absolute Gasteiger partial charge is 0.0477 e. The first-order valence-electron chi connectivity index (χ1n) is 12.2. The molecule has 0 aliphatic carbocycles. The van der Waals surface area contributed by atoms with E-state index in [0.29, 0.717) is 0 Å². The van der Waals surface area contributed by atoms with Gasteiger partial charge in [-0.25, -0.2) is 0 Å². The molecule has 27 heavy (non-hydrogen) atoms. The van der Waals surface area contributed by atoms with E-state index in [1.54, 1.807) is 0 Å². The summed E-state index contributed by atoms with van der Waals surface area (Å²) in [7, 11) is 0. The molecule has 0 saturated carbocycles. The van der Waals surface area contributed by atoms with Crippen molar-refractivity contribution in [3.63, 3.8) is 0 Å². The second-order valence-electron chi connectivity index (χ2n) is 8.73. The lowest BCUT2D eigenvalue weighted by Gasteiger charge is -2.03. The van der Waals surface area contributed by atoms with Crippen LogP contribution in [0.2, 0.25) is 0 Å². The zero-order valence-electron chi connectivity index (χ0n) is 18.3. The molecule has 0 bridgehead atoms. The Morgan fingerprint density at radius 1 is 0.481 bits per heavy atom. The third kappa shape index (κ3) is 12.1. The largest absolute Gasteiger partial charge is 0.381 e. The van der Waals surface area contributed by atoms with Crippen molar-refractivity contribution in [2.45, 2.75) is 138 Å². The first kappa shape index (κ1) is 23.9. The third-order valence-electron chi connectivity index (χ3n) is 6.15. The Hall–Kier alpha value is 0.660. The highest BCUT2D eigenvalue weighted by Gasteiger charge is 2.38. The minimum Gasteiger partial charge on any atom is -0.381 e. The summed E-state index contributed by atoms with van der Waals surface area (Å²) in [6.07, 6.45) is 22.7. The van der Waals surface area contributed by atoms with Gasteiger partial charge < -0.3 is 4.74 Å². The van der Waals surface area contributed by atoms with E-state index in [-0.39, 0.29) is 0 Å². The van der Waals surface area contributed by atoms with Crippen LogP contribution in [0.15, 0.2) is 0 Å². The van der Waals surface area contributed by atoms with Crippen molar-refractivity contribution in [2.24, 2.45) is 0 Å². The van der Waals surface area contributed by atoms with Gasteiger partial charge in [0, 0.05) is 34.2 Å². The predicted molar refractivity (Wildman–Crippen MR) is 126 cm³/mol. The van der Waals surface area contributed by atoms with Crippen molar-refractivity contribution >= 4 is 23.5 Å². The number of unbranched alkanes of at least 4 members (excludes halogenated alkanes) is 10.